The second kappa shape index (κ2) is 4.37. The summed E-state index contributed by atoms with van der Waals surface area (Å²) in [5, 5.41) is 0.646. The lowest BCUT2D eigenvalue weighted by molar-refractivity contribution is 1.29. The molecule has 0 radical (unpaired) electrons. The molecule has 1 rings (SSSR count). The average Bonchev–Trinajstić information content (AvgIpc) is 2.04. The van der Waals surface area contributed by atoms with Crippen molar-refractivity contribution in [3.05, 3.63) is 35.1 Å². The van der Waals surface area contributed by atoms with Crippen LogP contribution in [0.15, 0.2) is 24.4 Å². The lowest BCUT2D eigenvalue weighted by Crippen LogP contribution is -1.77. The topological polar surface area (TPSA) is 12.9 Å². The Hall–Kier alpha value is -0.530. The first-order chi connectivity index (χ1) is 5.33. The van der Waals surface area contributed by atoms with E-state index in [0.717, 1.165) is 5.69 Å². The van der Waals surface area contributed by atoms with Gasteiger partial charge in [0.2, 0.25) is 0 Å². The maximum Gasteiger partial charge on any atom is 0.0628 e. The van der Waals surface area contributed by atoms with Gasteiger partial charge in [0.25, 0.3) is 0 Å². The molecule has 0 aliphatic heterocycles. The van der Waals surface area contributed by atoms with E-state index >= 15 is 0 Å². The van der Waals surface area contributed by atoms with Crippen molar-refractivity contribution in [3.8, 4) is 0 Å². The van der Waals surface area contributed by atoms with Crippen molar-refractivity contribution >= 4 is 29.3 Å². The monoisotopic (exact) mass is 187 g/mol. The zero-order valence-electron chi connectivity index (χ0n) is 5.80. The number of hydrogen-bond acceptors (Lipinski definition) is 1. The van der Waals surface area contributed by atoms with Crippen LogP contribution in [0.4, 0.5) is 0 Å². The van der Waals surface area contributed by atoms with Gasteiger partial charge in [-0.3, -0.25) is 4.98 Å². The van der Waals surface area contributed by atoms with Crippen LogP contribution in [0.1, 0.15) is 5.69 Å². The number of pyridine rings is 1. The Morgan fingerprint density at radius 2 is 2.27 bits per heavy atom. The fourth-order valence-electron chi connectivity index (χ4n) is 0.651. The highest BCUT2D eigenvalue weighted by molar-refractivity contribution is 6.30. The zero-order valence-corrected chi connectivity index (χ0v) is 7.31. The second-order valence-corrected chi connectivity index (χ2v) is 2.70. The van der Waals surface area contributed by atoms with Crippen LogP contribution in [0.25, 0.3) is 6.08 Å². The van der Waals surface area contributed by atoms with Gasteiger partial charge >= 0.3 is 0 Å². The first-order valence-corrected chi connectivity index (χ1v) is 4.08. The normalized spacial score (nSPS) is 10.7. The molecule has 0 N–H and O–H groups in total. The summed E-state index contributed by atoms with van der Waals surface area (Å²) in [6.45, 7) is 0. The van der Waals surface area contributed by atoms with Crippen LogP contribution in [0.2, 0.25) is 5.02 Å². The summed E-state index contributed by atoms with van der Waals surface area (Å²) in [4.78, 5) is 4.04. The van der Waals surface area contributed by atoms with Gasteiger partial charge in [-0.2, -0.15) is 0 Å². The van der Waals surface area contributed by atoms with E-state index in [0.29, 0.717) is 10.9 Å². The molecule has 0 aliphatic carbocycles. The number of rotatable bonds is 2. The van der Waals surface area contributed by atoms with Crippen molar-refractivity contribution in [2.24, 2.45) is 0 Å². The zero-order chi connectivity index (χ0) is 8.10. The largest absolute Gasteiger partial charge is 0.255 e. The van der Waals surface area contributed by atoms with Gasteiger partial charge in [-0.1, -0.05) is 17.7 Å². The molecule has 1 heterocycles. The summed E-state index contributed by atoms with van der Waals surface area (Å²) < 4.78 is 0. The van der Waals surface area contributed by atoms with E-state index < -0.39 is 0 Å². The van der Waals surface area contributed by atoms with Crippen molar-refractivity contribution in [3.63, 3.8) is 0 Å². The van der Waals surface area contributed by atoms with Gasteiger partial charge < -0.3 is 0 Å². The van der Waals surface area contributed by atoms with Crippen LogP contribution < -0.4 is 0 Å². The maximum absolute atomic E-state index is 5.63. The molecule has 0 aromatic carbocycles. The molecule has 0 saturated heterocycles. The number of nitrogens with zero attached hydrogens (tertiary/aromatic N) is 1. The molecule has 0 aliphatic rings. The SMILES string of the molecule is ClCC=Cc1ccc(Cl)cn1. The summed E-state index contributed by atoms with van der Waals surface area (Å²) in [6, 6.07) is 3.63. The third kappa shape index (κ3) is 2.91. The van der Waals surface area contributed by atoms with E-state index in [2.05, 4.69) is 4.98 Å². The highest BCUT2D eigenvalue weighted by atomic mass is 35.5. The van der Waals surface area contributed by atoms with Crippen LogP contribution in [-0.4, -0.2) is 10.9 Å². The minimum atomic E-state index is 0.504. The quantitative estimate of drug-likeness (QED) is 0.650. The summed E-state index contributed by atoms with van der Waals surface area (Å²) in [5.41, 5.74) is 0.870. The Morgan fingerprint density at radius 3 is 2.82 bits per heavy atom. The Labute approximate surface area is 75.7 Å². The second-order valence-electron chi connectivity index (χ2n) is 1.96. The Bertz CT molecular complexity index is 241. The predicted molar refractivity (Wildman–Crippen MR) is 49.0 cm³/mol. The lowest BCUT2D eigenvalue weighted by Gasteiger charge is -1.90. The smallest absolute Gasteiger partial charge is 0.0628 e. The molecule has 11 heavy (non-hydrogen) atoms. The molecular formula is C8H7Cl2N. The average molecular weight is 188 g/mol. The van der Waals surface area contributed by atoms with Crippen LogP contribution >= 0.6 is 23.2 Å². The molecule has 1 nitrogen and oxygen atoms in total. The third-order valence-corrected chi connectivity index (χ3v) is 1.53. The van der Waals surface area contributed by atoms with Gasteiger partial charge in [-0.15, -0.1) is 11.6 Å². The van der Waals surface area contributed by atoms with Gasteiger partial charge in [-0.05, 0) is 18.2 Å². The highest BCUT2D eigenvalue weighted by Crippen LogP contribution is 2.06. The summed E-state index contributed by atoms with van der Waals surface area (Å²) in [6.07, 6.45) is 5.29. The summed E-state index contributed by atoms with van der Waals surface area (Å²) in [7, 11) is 0. The first kappa shape index (κ1) is 8.57. The molecule has 1 aromatic heterocycles. The number of halogens is 2. The summed E-state index contributed by atoms with van der Waals surface area (Å²) >= 11 is 11.1. The number of hydrogen-bond donors (Lipinski definition) is 0. The Kier molecular flexibility index (Phi) is 3.40. The Balaban J connectivity index is 2.73. The van der Waals surface area contributed by atoms with Crippen LogP contribution in [0.3, 0.4) is 0 Å². The molecule has 0 amide bonds. The fraction of sp³-hybridized carbons (Fsp3) is 0.125. The van der Waals surface area contributed by atoms with E-state index in [1.165, 1.54) is 0 Å². The molecule has 0 saturated carbocycles. The molecule has 0 unspecified atom stereocenters. The standard InChI is InChI=1S/C8H7Cl2N/c9-5-1-2-8-4-3-7(10)6-11-8/h1-4,6H,5H2. The van der Waals surface area contributed by atoms with Gasteiger partial charge in [0.05, 0.1) is 10.7 Å². The third-order valence-electron chi connectivity index (χ3n) is 1.13. The molecule has 0 atom stereocenters. The minimum absolute atomic E-state index is 0.504. The van der Waals surface area contributed by atoms with Crippen molar-refractivity contribution in [1.82, 2.24) is 4.98 Å². The molecule has 0 bridgehead atoms. The Morgan fingerprint density at radius 1 is 1.45 bits per heavy atom. The molecule has 3 heteroatoms. The van der Waals surface area contributed by atoms with Crippen LogP contribution in [-0.2, 0) is 0 Å². The summed E-state index contributed by atoms with van der Waals surface area (Å²) in [5.74, 6) is 0.504. The van der Waals surface area contributed by atoms with Crippen molar-refractivity contribution in [2.45, 2.75) is 0 Å². The van der Waals surface area contributed by atoms with Gasteiger partial charge in [0.15, 0.2) is 0 Å². The number of allylic oxidation sites excluding steroid dienone is 1. The highest BCUT2D eigenvalue weighted by Gasteiger charge is 1.87. The fourth-order valence-corrected chi connectivity index (χ4v) is 0.852. The van der Waals surface area contributed by atoms with E-state index in [1.54, 1.807) is 12.3 Å². The molecule has 1 aromatic rings. The predicted octanol–water partition coefficient (Wildman–Crippen LogP) is 2.99. The van der Waals surface area contributed by atoms with Gasteiger partial charge in [0.1, 0.15) is 0 Å². The molecule has 58 valence electrons. The number of alkyl halides is 1. The van der Waals surface area contributed by atoms with Crippen molar-refractivity contribution in [2.75, 3.05) is 5.88 Å². The van der Waals surface area contributed by atoms with Crippen LogP contribution in [0, 0.1) is 0 Å². The van der Waals surface area contributed by atoms with Crippen molar-refractivity contribution in [1.29, 1.82) is 0 Å². The molecule has 0 fully saturated rings. The van der Waals surface area contributed by atoms with Crippen molar-refractivity contribution < 1.29 is 0 Å². The van der Waals surface area contributed by atoms with E-state index in [1.807, 2.05) is 18.2 Å². The van der Waals surface area contributed by atoms with E-state index in [9.17, 15) is 0 Å². The van der Waals surface area contributed by atoms with Gasteiger partial charge in [0, 0.05) is 12.1 Å². The van der Waals surface area contributed by atoms with Crippen LogP contribution in [0.5, 0.6) is 0 Å². The molecular weight excluding hydrogens is 181 g/mol. The first-order valence-electron chi connectivity index (χ1n) is 3.17. The van der Waals surface area contributed by atoms with E-state index in [-0.39, 0.29) is 0 Å². The molecule has 0 spiro atoms. The van der Waals surface area contributed by atoms with Gasteiger partial charge in [-0.25, -0.2) is 0 Å². The minimum Gasteiger partial charge on any atom is -0.255 e. The van der Waals surface area contributed by atoms with E-state index in [4.69, 9.17) is 23.2 Å². The lowest BCUT2D eigenvalue weighted by atomic mass is 10.3. The maximum atomic E-state index is 5.63. The number of aromatic nitrogens is 1.